The first-order chi connectivity index (χ1) is 13.7. The van der Waals surface area contributed by atoms with E-state index in [1.165, 1.54) is 6.07 Å². The summed E-state index contributed by atoms with van der Waals surface area (Å²) in [5.41, 5.74) is 3.43. The molecule has 0 fully saturated rings. The van der Waals surface area contributed by atoms with Crippen LogP contribution in [0.3, 0.4) is 0 Å². The Morgan fingerprint density at radius 2 is 1.62 bits per heavy atom. The van der Waals surface area contributed by atoms with E-state index in [2.05, 4.69) is 5.32 Å². The van der Waals surface area contributed by atoms with Crippen LogP contribution in [0.4, 0.5) is 0 Å². The van der Waals surface area contributed by atoms with Gasteiger partial charge in [0.05, 0.1) is 4.90 Å². The monoisotopic (exact) mass is 414 g/mol. The van der Waals surface area contributed by atoms with Gasteiger partial charge in [-0.3, -0.25) is 4.79 Å². The molecule has 0 heterocycles. The average Bonchev–Trinajstić information content (AvgIpc) is 2.71. The molecule has 2 rings (SSSR count). The Bertz CT molecular complexity index is 985. The van der Waals surface area contributed by atoms with Crippen molar-refractivity contribution in [3.8, 4) is 11.1 Å². The maximum atomic E-state index is 12.5. The van der Waals surface area contributed by atoms with Gasteiger partial charge in [0.2, 0.25) is 10.0 Å². The number of carbonyl (C=O) groups is 1. The van der Waals surface area contributed by atoms with Gasteiger partial charge in [0.1, 0.15) is 0 Å². The van der Waals surface area contributed by atoms with Crippen molar-refractivity contribution in [2.45, 2.75) is 45.9 Å². The first-order valence-corrected chi connectivity index (χ1v) is 11.2. The third-order valence-electron chi connectivity index (χ3n) is 3.96. The Balaban J connectivity index is 0.00000204. The largest absolute Gasteiger partial charge is 0.322 e. The van der Waals surface area contributed by atoms with E-state index < -0.39 is 10.0 Å². The molecule has 0 saturated carbocycles. The average molecular weight is 415 g/mol. The molecule has 2 aromatic rings. The lowest BCUT2D eigenvalue weighted by molar-refractivity contribution is 0.0966. The number of benzene rings is 2. The molecule has 3 N–H and O–H groups in total. The maximum Gasteiger partial charge on any atom is 0.255 e. The molecule has 0 aliphatic heterocycles. The van der Waals surface area contributed by atoms with E-state index in [9.17, 15) is 13.2 Å². The second kappa shape index (κ2) is 11.3. The van der Waals surface area contributed by atoms with Crippen LogP contribution >= 0.6 is 0 Å². The molecule has 0 atom stereocenters. The molecule has 1 amide bonds. The molecule has 0 aromatic heterocycles. The molecule has 0 aliphatic rings. The zero-order chi connectivity index (χ0) is 22.0. The molecular weight excluding hydrogens is 384 g/mol. The summed E-state index contributed by atoms with van der Waals surface area (Å²) >= 11 is 0. The van der Waals surface area contributed by atoms with Crippen LogP contribution in [0.25, 0.3) is 11.1 Å². The van der Waals surface area contributed by atoms with Crippen LogP contribution in [0.1, 0.15) is 51.4 Å². The van der Waals surface area contributed by atoms with Crippen LogP contribution in [0, 0.1) is 0 Å². The minimum Gasteiger partial charge on any atom is -0.322 e. The summed E-state index contributed by atoms with van der Waals surface area (Å²) in [7, 11) is -3.84. The number of carbonyl (C=O) groups excluding carboxylic acids is 1. The van der Waals surface area contributed by atoms with E-state index in [0.29, 0.717) is 16.7 Å². The van der Waals surface area contributed by atoms with Crippen LogP contribution in [-0.4, -0.2) is 14.3 Å². The Morgan fingerprint density at radius 3 is 2.14 bits per heavy atom. The van der Waals surface area contributed by atoms with Crippen LogP contribution in [0.2, 0.25) is 0 Å². The van der Waals surface area contributed by atoms with Gasteiger partial charge in [-0.25, -0.2) is 13.6 Å². The normalized spacial score (nSPS) is 10.8. The predicted octanol–water partition coefficient (Wildman–Crippen LogP) is 5.02. The van der Waals surface area contributed by atoms with Crippen molar-refractivity contribution in [3.63, 3.8) is 0 Å². The molecule has 0 bridgehead atoms. The molecule has 0 saturated heterocycles. The fourth-order valence-electron chi connectivity index (χ4n) is 2.52. The number of amides is 1. The standard InChI is InChI=1S/C21H24N2O3S.C2H6/c1-4-5-9-19(15(2)3)23-21(24)17-13-11-16(12-14-17)18-8-6-7-10-20(18)27(22,25)26;1-2/h5-14H,4H2,1-3H3,(H,23,24)(H2,22,25,26);1-2H3/b9-5-;. The molecule has 5 nitrogen and oxygen atoms in total. The van der Waals surface area contributed by atoms with Crippen LogP contribution in [0.15, 0.2) is 76.8 Å². The van der Waals surface area contributed by atoms with E-state index in [4.69, 9.17) is 5.14 Å². The number of primary sulfonamides is 1. The summed E-state index contributed by atoms with van der Waals surface area (Å²) in [6, 6.07) is 13.3. The molecule has 0 spiro atoms. The lowest BCUT2D eigenvalue weighted by Crippen LogP contribution is -2.22. The Labute approximate surface area is 174 Å². The van der Waals surface area contributed by atoms with Crippen LogP contribution in [0.5, 0.6) is 0 Å². The predicted molar refractivity (Wildman–Crippen MR) is 120 cm³/mol. The fraction of sp³-hybridized carbons (Fsp3) is 0.261. The third-order valence-corrected chi connectivity index (χ3v) is 4.93. The first kappa shape index (κ1) is 24.3. The van der Waals surface area contributed by atoms with E-state index in [1.54, 1.807) is 42.5 Å². The number of sulfonamides is 1. The van der Waals surface area contributed by atoms with Crippen molar-refractivity contribution in [2.24, 2.45) is 5.14 Å². The summed E-state index contributed by atoms with van der Waals surface area (Å²) < 4.78 is 23.6. The van der Waals surface area contributed by atoms with Crippen LogP contribution in [-0.2, 0) is 10.0 Å². The SMILES string of the molecule is CC.CC/C=C\C(NC(=O)c1ccc(-c2ccccc2S(N)(=O)=O)cc1)=C(C)C. The summed E-state index contributed by atoms with van der Waals surface area (Å²) in [6.45, 7) is 9.89. The minimum atomic E-state index is -3.84. The van der Waals surface area contributed by atoms with Gasteiger partial charge < -0.3 is 5.32 Å². The van der Waals surface area contributed by atoms with Crippen molar-refractivity contribution >= 4 is 15.9 Å². The number of allylic oxidation sites excluding steroid dienone is 3. The Kier molecular flexibility index (Phi) is 9.51. The van der Waals surface area contributed by atoms with E-state index >= 15 is 0 Å². The number of nitrogens with one attached hydrogen (secondary N) is 1. The van der Waals surface area contributed by atoms with Gasteiger partial charge in [-0.15, -0.1) is 0 Å². The molecule has 6 heteroatoms. The van der Waals surface area contributed by atoms with E-state index in [-0.39, 0.29) is 10.8 Å². The summed E-state index contributed by atoms with van der Waals surface area (Å²) in [4.78, 5) is 12.6. The zero-order valence-corrected chi connectivity index (χ0v) is 18.5. The smallest absolute Gasteiger partial charge is 0.255 e. The van der Waals surface area contributed by atoms with E-state index in [0.717, 1.165) is 17.7 Å². The van der Waals surface area contributed by atoms with Crippen molar-refractivity contribution < 1.29 is 13.2 Å². The van der Waals surface area contributed by atoms with Gasteiger partial charge in [0.25, 0.3) is 5.91 Å². The molecule has 156 valence electrons. The highest BCUT2D eigenvalue weighted by Gasteiger charge is 2.15. The van der Waals surface area contributed by atoms with Gasteiger partial charge in [0.15, 0.2) is 0 Å². The first-order valence-electron chi connectivity index (χ1n) is 9.61. The highest BCUT2D eigenvalue weighted by atomic mass is 32.2. The van der Waals surface area contributed by atoms with Gasteiger partial charge in [-0.2, -0.15) is 0 Å². The van der Waals surface area contributed by atoms with Crippen molar-refractivity contribution in [3.05, 3.63) is 77.5 Å². The minimum absolute atomic E-state index is 0.0544. The van der Waals surface area contributed by atoms with Gasteiger partial charge in [-0.1, -0.05) is 62.8 Å². The molecule has 29 heavy (non-hydrogen) atoms. The molecule has 0 aliphatic carbocycles. The molecule has 0 unspecified atom stereocenters. The lowest BCUT2D eigenvalue weighted by atomic mass is 10.0. The fourth-order valence-corrected chi connectivity index (χ4v) is 3.28. The zero-order valence-electron chi connectivity index (χ0n) is 17.7. The van der Waals surface area contributed by atoms with Crippen molar-refractivity contribution in [1.82, 2.24) is 5.32 Å². The van der Waals surface area contributed by atoms with Crippen molar-refractivity contribution in [2.75, 3.05) is 0 Å². The van der Waals surface area contributed by atoms with E-state index in [1.807, 2.05) is 46.8 Å². The molecule has 2 aromatic carbocycles. The summed E-state index contributed by atoms with van der Waals surface area (Å²) in [5, 5.41) is 8.19. The quantitative estimate of drug-likeness (QED) is 0.651. The second-order valence-corrected chi connectivity index (χ2v) is 7.83. The van der Waals surface area contributed by atoms with Gasteiger partial charge in [0, 0.05) is 16.8 Å². The van der Waals surface area contributed by atoms with Crippen LogP contribution < -0.4 is 10.5 Å². The number of hydrogen-bond donors (Lipinski definition) is 2. The number of rotatable bonds is 6. The number of hydrogen-bond acceptors (Lipinski definition) is 3. The lowest BCUT2D eigenvalue weighted by Gasteiger charge is -2.10. The topological polar surface area (TPSA) is 89.3 Å². The maximum absolute atomic E-state index is 12.5. The van der Waals surface area contributed by atoms with Crippen molar-refractivity contribution in [1.29, 1.82) is 0 Å². The number of nitrogens with two attached hydrogens (primary N) is 1. The highest BCUT2D eigenvalue weighted by molar-refractivity contribution is 7.89. The Morgan fingerprint density at radius 1 is 1.03 bits per heavy atom. The highest BCUT2D eigenvalue weighted by Crippen LogP contribution is 2.26. The second-order valence-electron chi connectivity index (χ2n) is 6.30. The third kappa shape index (κ3) is 7.00. The summed E-state index contributed by atoms with van der Waals surface area (Å²) in [5.74, 6) is -0.224. The van der Waals surface area contributed by atoms with Gasteiger partial charge >= 0.3 is 0 Å². The molecular formula is C23H30N2O3S. The van der Waals surface area contributed by atoms with Gasteiger partial charge in [-0.05, 0) is 50.1 Å². The summed E-state index contributed by atoms with van der Waals surface area (Å²) in [6.07, 6.45) is 4.75. The Hall–Kier alpha value is -2.70. The molecule has 0 radical (unpaired) electrons.